The molecule has 2 atom stereocenters. The van der Waals surface area contributed by atoms with Gasteiger partial charge >= 0.3 is 5.97 Å². The third-order valence-corrected chi connectivity index (χ3v) is 2.98. The van der Waals surface area contributed by atoms with Crippen LogP contribution < -0.4 is 0 Å². The number of carboxylic acids is 1. The molecule has 7 heteroatoms. The third-order valence-electron chi connectivity index (χ3n) is 2.98. The fraction of sp³-hybridized carbons (Fsp3) is 0.533. The van der Waals surface area contributed by atoms with Crippen molar-refractivity contribution in [2.75, 3.05) is 0 Å². The number of hydroxylamine groups is 2. The molecule has 2 N–H and O–H groups in total. The lowest BCUT2D eigenvalue weighted by atomic mass is 9.92. The van der Waals surface area contributed by atoms with Crippen molar-refractivity contribution in [2.24, 2.45) is 0 Å². The van der Waals surface area contributed by atoms with Gasteiger partial charge in [-0.05, 0) is 39.3 Å². The standard InChI is InChI=1S/C15H22N2O5/c1-5-11(12-7-6-10(19)8-16-12)13(14(20)21)17(9-18)22-15(2,3)4/h6-9,11,13,19H,5H2,1-4H3,(H,20,21). The molecule has 0 saturated carbocycles. The van der Waals surface area contributed by atoms with Crippen molar-refractivity contribution >= 4 is 12.4 Å². The molecular weight excluding hydrogens is 288 g/mol. The molecule has 0 aliphatic heterocycles. The van der Waals surface area contributed by atoms with Crippen LogP contribution in [0.25, 0.3) is 0 Å². The van der Waals surface area contributed by atoms with Crippen molar-refractivity contribution in [2.45, 2.75) is 51.7 Å². The van der Waals surface area contributed by atoms with Crippen molar-refractivity contribution < 1.29 is 24.6 Å². The molecule has 22 heavy (non-hydrogen) atoms. The number of carbonyl (C=O) groups is 2. The van der Waals surface area contributed by atoms with Gasteiger partial charge in [0.2, 0.25) is 6.41 Å². The smallest absolute Gasteiger partial charge is 0.329 e. The molecule has 1 aromatic rings. The van der Waals surface area contributed by atoms with Crippen molar-refractivity contribution in [1.29, 1.82) is 0 Å². The first-order valence-corrected chi connectivity index (χ1v) is 7.00. The highest BCUT2D eigenvalue weighted by Crippen LogP contribution is 2.28. The number of amides is 1. The van der Waals surface area contributed by atoms with Gasteiger partial charge in [0.25, 0.3) is 0 Å². The van der Waals surface area contributed by atoms with Crippen LogP contribution in [0.5, 0.6) is 5.75 Å². The second kappa shape index (κ2) is 7.22. The van der Waals surface area contributed by atoms with Crippen LogP contribution in [0.3, 0.4) is 0 Å². The Bertz CT molecular complexity index is 510. The topological polar surface area (TPSA) is 100.0 Å². The van der Waals surface area contributed by atoms with Gasteiger partial charge in [0.1, 0.15) is 5.75 Å². The summed E-state index contributed by atoms with van der Waals surface area (Å²) in [6.07, 6.45) is 2.05. The highest BCUT2D eigenvalue weighted by atomic mass is 16.7. The number of hydrogen-bond acceptors (Lipinski definition) is 5. The summed E-state index contributed by atoms with van der Waals surface area (Å²) in [5.41, 5.74) is -0.244. The Morgan fingerprint density at radius 2 is 2.09 bits per heavy atom. The molecule has 0 aromatic carbocycles. The van der Waals surface area contributed by atoms with Crippen LogP contribution in [0.15, 0.2) is 18.3 Å². The van der Waals surface area contributed by atoms with E-state index in [1.807, 2.05) is 0 Å². The van der Waals surface area contributed by atoms with E-state index < -0.39 is 23.5 Å². The highest BCUT2D eigenvalue weighted by Gasteiger charge is 2.37. The molecule has 122 valence electrons. The van der Waals surface area contributed by atoms with E-state index in [1.165, 1.54) is 12.3 Å². The highest BCUT2D eigenvalue weighted by molar-refractivity contribution is 5.77. The van der Waals surface area contributed by atoms with Crippen molar-refractivity contribution in [3.63, 3.8) is 0 Å². The Morgan fingerprint density at radius 1 is 1.45 bits per heavy atom. The van der Waals surface area contributed by atoms with Gasteiger partial charge in [0.15, 0.2) is 6.04 Å². The number of hydrogen-bond donors (Lipinski definition) is 2. The summed E-state index contributed by atoms with van der Waals surface area (Å²) in [6, 6.07) is 1.76. The van der Waals surface area contributed by atoms with Gasteiger partial charge in [-0.25, -0.2) is 9.86 Å². The Kier molecular flexibility index (Phi) is 5.87. The summed E-state index contributed by atoms with van der Waals surface area (Å²) >= 11 is 0. The predicted octanol–water partition coefficient (Wildman–Crippen LogP) is 1.92. The van der Waals surface area contributed by atoms with Crippen LogP contribution in [0.1, 0.15) is 45.7 Å². The molecule has 7 nitrogen and oxygen atoms in total. The molecule has 1 heterocycles. The number of aliphatic carboxylic acids is 1. The molecular formula is C15H22N2O5. The van der Waals surface area contributed by atoms with Gasteiger partial charge in [-0.15, -0.1) is 0 Å². The van der Waals surface area contributed by atoms with E-state index >= 15 is 0 Å². The first-order chi connectivity index (χ1) is 10.2. The van der Waals surface area contributed by atoms with Crippen molar-refractivity contribution in [3.05, 3.63) is 24.0 Å². The molecule has 0 aliphatic rings. The minimum atomic E-state index is -1.21. The van der Waals surface area contributed by atoms with Crippen molar-refractivity contribution in [1.82, 2.24) is 10.0 Å². The number of nitrogens with zero attached hydrogens (tertiary/aromatic N) is 2. The number of pyridine rings is 1. The largest absolute Gasteiger partial charge is 0.506 e. The Balaban J connectivity index is 3.17. The SMILES string of the molecule is CCC(c1ccc(O)cn1)C(C(=O)O)N(C=O)OC(C)(C)C. The molecule has 1 rings (SSSR count). The summed E-state index contributed by atoms with van der Waals surface area (Å²) in [6.45, 7) is 6.97. The van der Waals surface area contributed by atoms with Gasteiger partial charge in [-0.2, -0.15) is 0 Å². The summed E-state index contributed by atoms with van der Waals surface area (Å²) in [5.74, 6) is -1.76. The monoisotopic (exact) mass is 310 g/mol. The molecule has 0 bridgehead atoms. The average Bonchev–Trinajstić information content (AvgIpc) is 2.42. The number of carbonyl (C=O) groups excluding carboxylic acids is 1. The molecule has 0 saturated heterocycles. The van der Waals surface area contributed by atoms with Crippen LogP contribution >= 0.6 is 0 Å². The van der Waals surface area contributed by atoms with E-state index in [1.54, 1.807) is 33.8 Å². The Morgan fingerprint density at radius 3 is 2.45 bits per heavy atom. The third kappa shape index (κ3) is 4.70. The van der Waals surface area contributed by atoms with Crippen LogP contribution in [0.4, 0.5) is 0 Å². The number of aromatic hydroxyl groups is 1. The zero-order chi connectivity index (χ0) is 16.9. The first-order valence-electron chi connectivity index (χ1n) is 7.00. The maximum absolute atomic E-state index is 11.7. The lowest BCUT2D eigenvalue weighted by Crippen LogP contribution is -2.47. The quantitative estimate of drug-likeness (QED) is 0.589. The molecule has 0 fully saturated rings. The molecule has 0 radical (unpaired) electrons. The predicted molar refractivity (Wildman–Crippen MR) is 79.1 cm³/mol. The van der Waals surface area contributed by atoms with E-state index in [0.29, 0.717) is 18.5 Å². The second-order valence-electron chi connectivity index (χ2n) is 5.91. The maximum atomic E-state index is 11.7. The van der Waals surface area contributed by atoms with E-state index in [-0.39, 0.29) is 5.75 Å². The fourth-order valence-electron chi connectivity index (χ4n) is 2.13. The van der Waals surface area contributed by atoms with E-state index in [2.05, 4.69) is 4.98 Å². The summed E-state index contributed by atoms with van der Waals surface area (Å²) < 4.78 is 0. The molecule has 1 aromatic heterocycles. The average molecular weight is 310 g/mol. The van der Waals surface area contributed by atoms with Gasteiger partial charge in [-0.3, -0.25) is 14.6 Å². The van der Waals surface area contributed by atoms with Crippen LogP contribution in [-0.4, -0.2) is 44.3 Å². The summed E-state index contributed by atoms with van der Waals surface area (Å²) in [4.78, 5) is 32.5. The first kappa shape index (κ1) is 17.9. The van der Waals surface area contributed by atoms with Gasteiger partial charge in [0.05, 0.1) is 11.8 Å². The van der Waals surface area contributed by atoms with E-state index in [4.69, 9.17) is 4.84 Å². The lowest BCUT2D eigenvalue weighted by molar-refractivity contribution is -0.237. The minimum absolute atomic E-state index is 0.0105. The van der Waals surface area contributed by atoms with E-state index in [9.17, 15) is 19.8 Å². The summed E-state index contributed by atoms with van der Waals surface area (Å²) in [7, 11) is 0. The van der Waals surface area contributed by atoms with E-state index in [0.717, 1.165) is 5.06 Å². The second-order valence-corrected chi connectivity index (χ2v) is 5.91. The zero-order valence-corrected chi connectivity index (χ0v) is 13.2. The number of carboxylic acid groups (broad SMARTS) is 1. The summed E-state index contributed by atoms with van der Waals surface area (Å²) in [5, 5.41) is 19.7. The number of aromatic nitrogens is 1. The fourth-order valence-corrected chi connectivity index (χ4v) is 2.13. The van der Waals surface area contributed by atoms with Gasteiger partial charge < -0.3 is 10.2 Å². The molecule has 2 unspecified atom stereocenters. The maximum Gasteiger partial charge on any atom is 0.329 e. The van der Waals surface area contributed by atoms with Crippen LogP contribution in [0, 0.1) is 0 Å². The number of rotatable bonds is 7. The zero-order valence-electron chi connectivity index (χ0n) is 13.2. The Hall–Kier alpha value is -2.15. The normalized spacial score (nSPS) is 14.2. The minimum Gasteiger partial charge on any atom is -0.506 e. The van der Waals surface area contributed by atoms with Crippen LogP contribution in [0.2, 0.25) is 0 Å². The van der Waals surface area contributed by atoms with Gasteiger partial charge in [0, 0.05) is 11.6 Å². The molecule has 0 spiro atoms. The molecule has 1 amide bonds. The van der Waals surface area contributed by atoms with Gasteiger partial charge in [-0.1, -0.05) is 6.92 Å². The lowest BCUT2D eigenvalue weighted by Gasteiger charge is -2.34. The van der Waals surface area contributed by atoms with Crippen LogP contribution in [-0.2, 0) is 14.4 Å². The Labute approximate surface area is 129 Å². The molecule has 0 aliphatic carbocycles. The van der Waals surface area contributed by atoms with Crippen molar-refractivity contribution in [3.8, 4) is 5.75 Å².